The molecular weight excluding hydrogens is 648 g/mol. The maximum Gasteiger partial charge on any atom is 0.247 e. The van der Waals surface area contributed by atoms with Crippen LogP contribution >= 0.6 is 0 Å². The molecule has 1 saturated heterocycles. The van der Waals surface area contributed by atoms with Crippen molar-refractivity contribution in [1.29, 1.82) is 0 Å². The molecule has 44 heavy (non-hydrogen) atoms. The fraction of sp³-hybridized carbons (Fsp3) is 0.400. The number of benzene rings is 2. The molecule has 1 aromatic heterocycles. The van der Waals surface area contributed by atoms with Gasteiger partial charge in [-0.05, 0) is 37.0 Å². The Morgan fingerprint density at radius 3 is 2.20 bits per heavy atom. The largest absolute Gasteiger partial charge is 1.00 e. The third kappa shape index (κ3) is 12.7. The lowest BCUT2D eigenvalue weighted by molar-refractivity contribution is -0.416. The molecule has 0 radical (unpaired) electrons. The van der Waals surface area contributed by atoms with E-state index in [1.54, 1.807) is 11.1 Å². The third-order valence-corrected chi connectivity index (χ3v) is 6.97. The molecule has 248 valence electrons. The molecule has 10 N–H and O–H groups in total. The minimum Gasteiger partial charge on any atom is -1.00 e. The molecule has 1 fully saturated rings. The highest BCUT2D eigenvalue weighted by atomic mass is 35.5. The Labute approximate surface area is 285 Å². The van der Waals surface area contributed by atoms with Crippen LogP contribution in [0, 0.1) is 0 Å². The number of para-hydroxylation sites is 1. The molecule has 4 atom stereocenters. The summed E-state index contributed by atoms with van der Waals surface area (Å²) >= 11 is 0. The predicted molar refractivity (Wildman–Crippen MR) is 158 cm³/mol. The third-order valence-electron chi connectivity index (χ3n) is 6.97. The quantitative estimate of drug-likeness (QED) is 0.142. The molecule has 0 saturated carbocycles. The van der Waals surface area contributed by atoms with Crippen molar-refractivity contribution in [2.45, 2.75) is 64.7 Å². The Kier molecular flexibility index (Phi) is 22.8. The molecule has 0 spiro atoms. The van der Waals surface area contributed by atoms with Gasteiger partial charge in [0.25, 0.3) is 0 Å². The van der Waals surface area contributed by atoms with Crippen LogP contribution in [0.25, 0.3) is 10.9 Å². The lowest BCUT2D eigenvalue weighted by atomic mass is 10.0. The summed E-state index contributed by atoms with van der Waals surface area (Å²) in [7, 11) is 0. The van der Waals surface area contributed by atoms with Crippen molar-refractivity contribution in [2.75, 3.05) is 18.4 Å². The van der Waals surface area contributed by atoms with Crippen LogP contribution in [-0.2, 0) is 20.8 Å². The van der Waals surface area contributed by atoms with Gasteiger partial charge in [0.2, 0.25) is 23.2 Å². The first kappa shape index (κ1) is 45.7. The summed E-state index contributed by atoms with van der Waals surface area (Å²) in [6.45, 7) is 0.970. The van der Waals surface area contributed by atoms with Gasteiger partial charge < -0.3 is 82.4 Å². The molecule has 4 rings (SSSR count). The maximum absolute atomic E-state index is 13.3. The van der Waals surface area contributed by atoms with Crippen LogP contribution in [0.1, 0.15) is 39.7 Å². The zero-order valence-electron chi connectivity index (χ0n) is 22.9. The average Bonchev–Trinajstić information content (AvgIpc) is 3.27. The van der Waals surface area contributed by atoms with E-state index in [9.17, 15) is 14.4 Å². The van der Waals surface area contributed by atoms with Crippen LogP contribution in [-0.4, -0.2) is 59.9 Å². The number of nitrogens with zero attached hydrogens (tertiary/aromatic N) is 1. The number of nitrogens with two attached hydrogens (primary N) is 2. The molecule has 0 unspecified atom stereocenters. The van der Waals surface area contributed by atoms with E-state index in [0.717, 1.165) is 16.5 Å². The summed E-state index contributed by atoms with van der Waals surface area (Å²) in [6, 6.07) is 17.5. The van der Waals surface area contributed by atoms with E-state index in [0.29, 0.717) is 31.6 Å². The predicted octanol–water partition coefficient (Wildman–Crippen LogP) is -11.1. The van der Waals surface area contributed by atoms with Crippen LogP contribution in [0.2, 0.25) is 0 Å². The molecule has 1 aliphatic heterocycles. The summed E-state index contributed by atoms with van der Waals surface area (Å²) in [5.41, 5.74) is 18.6. The molecule has 3 amide bonds. The number of aromatic amines is 1. The van der Waals surface area contributed by atoms with Crippen molar-refractivity contribution in [3.8, 4) is 0 Å². The van der Waals surface area contributed by atoms with E-state index in [2.05, 4.69) is 21.4 Å². The first-order valence-electron chi connectivity index (χ1n) is 13.0. The van der Waals surface area contributed by atoms with Crippen molar-refractivity contribution in [2.24, 2.45) is 11.5 Å². The van der Waals surface area contributed by atoms with E-state index in [-0.39, 0.29) is 101 Å². The molecule has 1 aliphatic rings. The van der Waals surface area contributed by atoms with Gasteiger partial charge in [-0.25, -0.2) is 4.98 Å². The first-order valence-corrected chi connectivity index (χ1v) is 13.0. The number of hydrogen-bond acceptors (Lipinski definition) is 5. The second-order valence-corrected chi connectivity index (χ2v) is 9.92. The molecule has 0 aliphatic carbocycles. The second kappa shape index (κ2) is 21.9. The minimum atomic E-state index is -0.924. The van der Waals surface area contributed by atoms with E-state index < -0.39 is 18.0 Å². The van der Waals surface area contributed by atoms with Gasteiger partial charge in [-0.15, -0.1) is 0 Å². The topological polar surface area (TPSA) is 172 Å². The van der Waals surface area contributed by atoms with Crippen molar-refractivity contribution in [1.82, 2.24) is 10.2 Å². The van der Waals surface area contributed by atoms with Gasteiger partial charge in [0.15, 0.2) is 6.20 Å². The minimum absolute atomic E-state index is 0. The van der Waals surface area contributed by atoms with Gasteiger partial charge in [-0.2, -0.15) is 0 Å². The van der Waals surface area contributed by atoms with Gasteiger partial charge in [-0.3, -0.25) is 14.4 Å². The average molecular weight is 694 g/mol. The van der Waals surface area contributed by atoms with Gasteiger partial charge in [0.05, 0.1) is 18.6 Å². The van der Waals surface area contributed by atoms with Gasteiger partial charge in [0.1, 0.15) is 17.8 Å². The highest BCUT2D eigenvalue weighted by Crippen LogP contribution is 2.15. The summed E-state index contributed by atoms with van der Waals surface area (Å²) in [4.78, 5) is 43.6. The van der Waals surface area contributed by atoms with Gasteiger partial charge >= 0.3 is 0 Å². The maximum atomic E-state index is 13.3. The summed E-state index contributed by atoms with van der Waals surface area (Å²) in [5, 5.41) is 6.67. The second-order valence-electron chi connectivity index (χ2n) is 9.92. The Balaban J connectivity index is -0.00000280. The lowest BCUT2D eigenvalue weighted by Crippen LogP contribution is -3.00. The number of H-pyrrole nitrogens is 1. The Morgan fingerprint density at radius 1 is 0.932 bits per heavy atom. The number of nitrogens with one attached hydrogen (secondary N) is 3. The Bertz CT molecular complexity index is 1280. The molecular formula is C30H45Cl4N7O3-2. The Morgan fingerprint density at radius 2 is 1.57 bits per heavy atom. The molecule has 14 heteroatoms. The first-order chi connectivity index (χ1) is 18.3. The zero-order valence-corrected chi connectivity index (χ0v) is 26.0. The smallest absolute Gasteiger partial charge is 0.247 e. The van der Waals surface area contributed by atoms with E-state index in [1.807, 2.05) is 60.7 Å². The number of fused-ring (bicyclic) bond motifs is 1. The van der Waals surface area contributed by atoms with Crippen LogP contribution in [0.5, 0.6) is 0 Å². The number of aryl methyl sites for hydroxylation is 1. The number of aromatic nitrogens is 1. The number of amides is 3. The highest BCUT2D eigenvalue weighted by Gasteiger charge is 2.33. The van der Waals surface area contributed by atoms with Crippen LogP contribution in [0.15, 0.2) is 66.9 Å². The van der Waals surface area contributed by atoms with Crippen molar-refractivity contribution >= 4 is 34.3 Å². The molecule has 10 nitrogen and oxygen atoms in total. The van der Waals surface area contributed by atoms with E-state index in [4.69, 9.17) is 11.5 Å². The van der Waals surface area contributed by atoms with Crippen LogP contribution < -0.4 is 82.4 Å². The number of anilines is 1. The number of halogens is 4. The SMILES string of the molecule is C.C.N[C@@H](CCC(=O)N1C[C@H](N)[C@@H]([NH3+])C1)C(=O)N[C@H](CCc1ccccc1)C(=O)Nc1c[nH+]c2ccccc2c1.[Cl-].[Cl-].[Cl-].[Cl-]. The number of pyridine rings is 1. The van der Waals surface area contributed by atoms with Crippen molar-refractivity contribution in [3.63, 3.8) is 0 Å². The number of likely N-dealkylation sites (tertiary alicyclic amines) is 1. The van der Waals surface area contributed by atoms with E-state index in [1.165, 1.54) is 0 Å². The van der Waals surface area contributed by atoms with Gasteiger partial charge in [0, 0.05) is 24.4 Å². The van der Waals surface area contributed by atoms with Gasteiger partial charge in [-0.1, -0.05) is 57.3 Å². The fourth-order valence-corrected chi connectivity index (χ4v) is 4.59. The number of carbonyl (C=O) groups excluding carboxylic acids is 3. The molecule has 2 heterocycles. The molecule has 3 aromatic rings. The summed E-state index contributed by atoms with van der Waals surface area (Å²) in [6.07, 6.45) is 3.00. The summed E-state index contributed by atoms with van der Waals surface area (Å²) < 4.78 is 0. The molecule has 0 bridgehead atoms. The standard InChI is InChI=1S/C28H35N7O3.2CH4.4ClH/c29-21(11-13-26(36)35-16-22(30)23(31)17-35)27(37)34-25(12-10-18-6-2-1-3-7-18)28(38)33-20-14-19-8-4-5-9-24(19)32-15-20;;;;;;/h1-9,14-15,21-23,25H,10-13,16-17,29-31H2,(H,33,38)(H,34,37);2*1H4;4*1H/p-2/t21-,22-,23-,25+;;;;;;/m0....../s1. The number of quaternary nitrogens is 1. The number of rotatable bonds is 10. The zero-order chi connectivity index (χ0) is 27.1. The monoisotopic (exact) mass is 691 g/mol. The van der Waals surface area contributed by atoms with Crippen molar-refractivity contribution in [3.05, 3.63) is 72.4 Å². The number of carbonyl (C=O) groups is 3. The Hall–Kier alpha value is -2.70. The van der Waals surface area contributed by atoms with E-state index >= 15 is 0 Å². The lowest BCUT2D eigenvalue weighted by Gasteiger charge is -2.21. The fourth-order valence-electron chi connectivity index (χ4n) is 4.59. The molecule has 2 aromatic carbocycles. The van der Waals surface area contributed by atoms with Crippen molar-refractivity contribution < 1.29 is 74.7 Å². The van der Waals surface area contributed by atoms with Crippen LogP contribution in [0.4, 0.5) is 5.69 Å². The highest BCUT2D eigenvalue weighted by molar-refractivity contribution is 5.98. The summed E-state index contributed by atoms with van der Waals surface area (Å²) in [5.74, 6) is -0.904. The normalized spacial score (nSPS) is 16.1. The number of hydrogen-bond donors (Lipinski definition) is 5. The van der Waals surface area contributed by atoms with Crippen LogP contribution in [0.3, 0.4) is 0 Å².